The highest BCUT2D eigenvalue weighted by Crippen LogP contribution is 2.47. The van der Waals surface area contributed by atoms with Crippen molar-refractivity contribution in [3.8, 4) is 22.8 Å². The van der Waals surface area contributed by atoms with E-state index in [1.54, 1.807) is 0 Å². The van der Waals surface area contributed by atoms with E-state index in [2.05, 4.69) is 0 Å². The molecule has 6 nitrogen and oxygen atoms in total. The summed E-state index contributed by atoms with van der Waals surface area (Å²) in [5.41, 5.74) is 0.221. The van der Waals surface area contributed by atoms with E-state index in [0.29, 0.717) is 5.02 Å². The van der Waals surface area contributed by atoms with E-state index >= 15 is 0 Å². The summed E-state index contributed by atoms with van der Waals surface area (Å²) in [5.74, 6) is -2.25. The average molecular weight is 352 g/mol. The molecule has 0 aliphatic rings. The topological polar surface area (TPSA) is 99.8 Å². The van der Waals surface area contributed by atoms with E-state index in [4.69, 9.17) is 27.6 Å². The fourth-order valence-electron chi connectivity index (χ4n) is 1.55. The van der Waals surface area contributed by atoms with Gasteiger partial charge in [0.05, 0.1) is 10.8 Å². The Morgan fingerprint density at radius 2 is 1.90 bits per heavy atom. The molecular formula is C12H11Cl2NO5S. The molecule has 0 saturated heterocycles. The van der Waals surface area contributed by atoms with Gasteiger partial charge in [0.15, 0.2) is 5.76 Å². The lowest BCUT2D eigenvalue weighted by atomic mass is 10.1. The van der Waals surface area contributed by atoms with Gasteiger partial charge in [-0.05, 0) is 25.1 Å². The lowest BCUT2D eigenvalue weighted by molar-refractivity contribution is 0.410. The summed E-state index contributed by atoms with van der Waals surface area (Å²) in [5, 5.41) is 20.2. The second-order valence-electron chi connectivity index (χ2n) is 4.09. The van der Waals surface area contributed by atoms with Gasteiger partial charge in [0.25, 0.3) is 5.88 Å². The Balaban J connectivity index is 2.55. The van der Waals surface area contributed by atoms with Gasteiger partial charge in [0, 0.05) is 10.6 Å². The van der Waals surface area contributed by atoms with Crippen LogP contribution in [0.4, 0.5) is 5.88 Å². The number of sulfonamides is 1. The van der Waals surface area contributed by atoms with Crippen molar-refractivity contribution in [2.24, 2.45) is 0 Å². The summed E-state index contributed by atoms with van der Waals surface area (Å²) >= 11 is 11.8. The first kappa shape index (κ1) is 15.8. The quantitative estimate of drug-likeness (QED) is 0.783. The molecule has 1 heterocycles. The molecule has 0 aliphatic heterocycles. The highest BCUT2D eigenvalue weighted by Gasteiger charge is 2.25. The fourth-order valence-corrected chi connectivity index (χ4v) is 2.49. The van der Waals surface area contributed by atoms with Crippen LogP contribution in [0, 0.1) is 0 Å². The molecule has 2 rings (SSSR count). The van der Waals surface area contributed by atoms with Gasteiger partial charge < -0.3 is 14.6 Å². The highest BCUT2D eigenvalue weighted by molar-refractivity contribution is 7.92. The van der Waals surface area contributed by atoms with Crippen molar-refractivity contribution >= 4 is 39.1 Å². The van der Waals surface area contributed by atoms with Gasteiger partial charge in [-0.15, -0.1) is 0 Å². The fraction of sp³-hybridized carbons (Fsp3) is 0.167. The maximum Gasteiger partial charge on any atom is 0.253 e. The molecule has 2 aromatic rings. The number of hydrogen-bond donors (Lipinski definition) is 3. The van der Waals surface area contributed by atoms with Crippen LogP contribution in [-0.4, -0.2) is 24.4 Å². The number of furan rings is 1. The van der Waals surface area contributed by atoms with Crippen molar-refractivity contribution in [2.75, 3.05) is 10.5 Å². The number of benzene rings is 1. The van der Waals surface area contributed by atoms with Gasteiger partial charge >= 0.3 is 0 Å². The van der Waals surface area contributed by atoms with E-state index in [1.165, 1.54) is 25.1 Å². The van der Waals surface area contributed by atoms with Crippen molar-refractivity contribution < 1.29 is 23.0 Å². The van der Waals surface area contributed by atoms with Crippen LogP contribution in [-0.2, 0) is 10.0 Å². The first-order valence-corrected chi connectivity index (χ1v) is 8.16. The molecule has 9 heteroatoms. The Morgan fingerprint density at radius 3 is 2.52 bits per heavy atom. The lowest BCUT2D eigenvalue weighted by Crippen LogP contribution is -2.14. The number of hydrogen-bond acceptors (Lipinski definition) is 5. The molecule has 0 fully saturated rings. The Kier molecular flexibility index (Phi) is 4.27. The van der Waals surface area contributed by atoms with Crippen LogP contribution >= 0.6 is 23.2 Å². The Labute approximate surface area is 131 Å². The minimum Gasteiger partial charge on any atom is -0.502 e. The Hall–Kier alpha value is -1.57. The number of halogens is 2. The molecule has 0 radical (unpaired) electrons. The van der Waals surface area contributed by atoms with Crippen LogP contribution < -0.4 is 4.72 Å². The number of nitrogens with one attached hydrogen (secondary N) is 1. The van der Waals surface area contributed by atoms with E-state index in [-0.39, 0.29) is 22.1 Å². The molecule has 1 aromatic heterocycles. The molecule has 0 atom stereocenters. The molecule has 0 aliphatic carbocycles. The van der Waals surface area contributed by atoms with Crippen LogP contribution in [0.2, 0.25) is 10.0 Å². The van der Waals surface area contributed by atoms with Crippen molar-refractivity contribution in [3.63, 3.8) is 0 Å². The van der Waals surface area contributed by atoms with Crippen LogP contribution in [0.1, 0.15) is 6.92 Å². The summed E-state index contributed by atoms with van der Waals surface area (Å²) in [4.78, 5) is 0. The normalized spacial score (nSPS) is 11.6. The maximum absolute atomic E-state index is 11.5. The van der Waals surface area contributed by atoms with Gasteiger partial charge in [0.1, 0.15) is 0 Å². The zero-order valence-corrected chi connectivity index (χ0v) is 13.1. The molecule has 0 amide bonds. The molecular weight excluding hydrogens is 341 g/mol. The van der Waals surface area contributed by atoms with E-state index < -0.39 is 27.4 Å². The standard InChI is InChI=1S/C12H11Cl2NO5S/c1-2-21(18,19)15-12-10(17)9(16)11(20-12)7-5-6(13)3-4-8(7)14/h3-5,15-17H,2H2,1H3. The molecule has 3 N–H and O–H groups in total. The van der Waals surface area contributed by atoms with Crippen molar-refractivity contribution in [3.05, 3.63) is 28.2 Å². The lowest BCUT2D eigenvalue weighted by Gasteiger charge is -2.03. The minimum atomic E-state index is -3.67. The molecule has 0 bridgehead atoms. The average Bonchev–Trinajstić information content (AvgIpc) is 2.69. The number of aromatic hydroxyl groups is 2. The zero-order chi connectivity index (χ0) is 15.8. The predicted molar refractivity (Wildman–Crippen MR) is 80.6 cm³/mol. The minimum absolute atomic E-state index is 0.186. The zero-order valence-electron chi connectivity index (χ0n) is 10.7. The van der Waals surface area contributed by atoms with Crippen molar-refractivity contribution in [2.45, 2.75) is 6.92 Å². The van der Waals surface area contributed by atoms with Gasteiger partial charge in [0.2, 0.25) is 21.5 Å². The van der Waals surface area contributed by atoms with Crippen LogP contribution in [0.15, 0.2) is 22.6 Å². The molecule has 0 unspecified atom stereocenters. The van der Waals surface area contributed by atoms with E-state index in [9.17, 15) is 18.6 Å². The second kappa shape index (κ2) is 5.67. The van der Waals surface area contributed by atoms with Crippen LogP contribution in [0.3, 0.4) is 0 Å². The van der Waals surface area contributed by atoms with Crippen molar-refractivity contribution in [1.82, 2.24) is 0 Å². The predicted octanol–water partition coefficient (Wildman–Crippen LogP) is 3.43. The molecule has 114 valence electrons. The summed E-state index contributed by atoms with van der Waals surface area (Å²) < 4.78 is 30.2. The molecule has 1 aromatic carbocycles. The van der Waals surface area contributed by atoms with Gasteiger partial charge in [-0.2, -0.15) is 0 Å². The highest BCUT2D eigenvalue weighted by atomic mass is 35.5. The summed E-state index contributed by atoms with van der Waals surface area (Å²) in [6.07, 6.45) is 0. The Bertz CT molecular complexity index is 785. The first-order chi connectivity index (χ1) is 9.75. The van der Waals surface area contributed by atoms with Crippen molar-refractivity contribution in [1.29, 1.82) is 0 Å². The van der Waals surface area contributed by atoms with E-state index in [0.717, 1.165) is 0 Å². The maximum atomic E-state index is 11.5. The molecule has 0 saturated carbocycles. The largest absolute Gasteiger partial charge is 0.502 e. The van der Waals surface area contributed by atoms with Gasteiger partial charge in [-0.1, -0.05) is 23.2 Å². The first-order valence-electron chi connectivity index (χ1n) is 5.75. The van der Waals surface area contributed by atoms with Gasteiger partial charge in [-0.3, -0.25) is 0 Å². The number of rotatable bonds is 4. The third-order valence-electron chi connectivity index (χ3n) is 2.66. The summed E-state index contributed by atoms with van der Waals surface area (Å²) in [7, 11) is -3.67. The number of anilines is 1. The summed E-state index contributed by atoms with van der Waals surface area (Å²) in [6.45, 7) is 1.41. The van der Waals surface area contributed by atoms with Crippen LogP contribution in [0.25, 0.3) is 11.3 Å². The van der Waals surface area contributed by atoms with E-state index in [1.807, 2.05) is 4.72 Å². The Morgan fingerprint density at radius 1 is 1.24 bits per heavy atom. The monoisotopic (exact) mass is 351 g/mol. The second-order valence-corrected chi connectivity index (χ2v) is 6.94. The summed E-state index contributed by atoms with van der Waals surface area (Å²) in [6, 6.07) is 4.43. The SMILES string of the molecule is CCS(=O)(=O)Nc1oc(-c2cc(Cl)ccc2Cl)c(O)c1O. The van der Waals surface area contributed by atoms with Crippen LogP contribution in [0.5, 0.6) is 11.5 Å². The van der Waals surface area contributed by atoms with Gasteiger partial charge in [-0.25, -0.2) is 13.1 Å². The third-order valence-corrected chi connectivity index (χ3v) is 4.48. The molecule has 0 spiro atoms. The third kappa shape index (κ3) is 3.20. The molecule has 21 heavy (non-hydrogen) atoms. The smallest absolute Gasteiger partial charge is 0.253 e.